The van der Waals surface area contributed by atoms with Crippen LogP contribution in [0.2, 0.25) is 0 Å². The summed E-state index contributed by atoms with van der Waals surface area (Å²) in [5.41, 5.74) is 4.23. The maximum Gasteiger partial charge on any atom is 0.254 e. The van der Waals surface area contributed by atoms with E-state index in [9.17, 15) is 9.59 Å². The number of hydrogen-bond donors (Lipinski definition) is 2. The Kier molecular flexibility index (Phi) is 5.18. The molecule has 0 spiro atoms. The summed E-state index contributed by atoms with van der Waals surface area (Å²) in [5.74, 6) is 0.720. The van der Waals surface area contributed by atoms with Gasteiger partial charge in [-0.05, 0) is 47.9 Å². The summed E-state index contributed by atoms with van der Waals surface area (Å²) in [7, 11) is 0. The van der Waals surface area contributed by atoms with E-state index in [0.717, 1.165) is 19.3 Å². The number of amides is 2. The first-order chi connectivity index (χ1) is 16.6. The van der Waals surface area contributed by atoms with Gasteiger partial charge in [-0.15, -0.1) is 11.3 Å². The van der Waals surface area contributed by atoms with E-state index in [2.05, 4.69) is 57.5 Å². The Balaban J connectivity index is 1.34. The normalized spacial score (nSPS) is 17.0. The molecule has 2 amide bonds. The van der Waals surface area contributed by atoms with Crippen LogP contribution in [0, 0.1) is 0 Å². The molecular formula is C25H22N6O2S. The molecule has 4 aromatic rings. The lowest BCUT2D eigenvalue weighted by atomic mass is 10.0. The van der Waals surface area contributed by atoms with Crippen molar-refractivity contribution in [3.8, 4) is 10.4 Å². The van der Waals surface area contributed by atoms with E-state index in [1.807, 2.05) is 0 Å². The predicted octanol–water partition coefficient (Wildman–Crippen LogP) is 3.64. The van der Waals surface area contributed by atoms with Crippen LogP contribution in [0.15, 0.2) is 53.5 Å². The van der Waals surface area contributed by atoms with E-state index >= 15 is 0 Å². The third kappa shape index (κ3) is 4.10. The van der Waals surface area contributed by atoms with Gasteiger partial charge in [0.05, 0.1) is 12.6 Å². The Morgan fingerprint density at radius 2 is 2.00 bits per heavy atom. The molecule has 9 heteroatoms. The second-order valence-corrected chi connectivity index (χ2v) is 9.52. The molecule has 1 saturated heterocycles. The molecule has 34 heavy (non-hydrogen) atoms. The van der Waals surface area contributed by atoms with Crippen LogP contribution < -0.4 is 10.6 Å². The van der Waals surface area contributed by atoms with Crippen LogP contribution in [0.1, 0.15) is 36.2 Å². The van der Waals surface area contributed by atoms with E-state index in [-0.39, 0.29) is 18.2 Å². The van der Waals surface area contributed by atoms with Crippen molar-refractivity contribution in [3.05, 3.63) is 70.5 Å². The zero-order chi connectivity index (χ0) is 23.1. The average Bonchev–Trinajstić information content (AvgIpc) is 3.20. The standard InChI is InChI=1S/C25H22N6O2S/c32-22-13-16(24(33)30-22)12-17-14-26-31-23(17)28-21(29-25(31)27-18-8-9-18)10-7-15-4-1-2-5-19(15)20-6-3-11-34-20/h1-6,11-12,14,18H,7-10,13H2,(H,27,28,29)(H,30,32,33)/b16-12+. The Morgan fingerprint density at radius 3 is 2.76 bits per heavy atom. The fourth-order valence-corrected chi connectivity index (χ4v) is 4.91. The van der Waals surface area contributed by atoms with Crippen LogP contribution >= 0.6 is 11.3 Å². The first-order valence-electron chi connectivity index (χ1n) is 11.3. The van der Waals surface area contributed by atoms with Gasteiger partial charge in [0.2, 0.25) is 11.9 Å². The first-order valence-corrected chi connectivity index (χ1v) is 12.2. The van der Waals surface area contributed by atoms with Gasteiger partial charge in [-0.1, -0.05) is 30.3 Å². The van der Waals surface area contributed by atoms with E-state index < -0.39 is 0 Å². The average molecular weight is 471 g/mol. The van der Waals surface area contributed by atoms with Crippen molar-refractivity contribution in [2.45, 2.75) is 38.1 Å². The summed E-state index contributed by atoms with van der Waals surface area (Å²) in [6.45, 7) is 0. The fourth-order valence-electron chi connectivity index (χ4n) is 4.12. The maximum absolute atomic E-state index is 12.1. The summed E-state index contributed by atoms with van der Waals surface area (Å²) in [4.78, 5) is 34.5. The third-order valence-electron chi connectivity index (χ3n) is 6.00. The highest BCUT2D eigenvalue weighted by Crippen LogP contribution is 2.29. The number of nitrogens with zero attached hydrogens (tertiary/aromatic N) is 4. The number of carbonyl (C=O) groups excluding carboxylic acids is 2. The van der Waals surface area contributed by atoms with Crippen LogP contribution in [0.4, 0.5) is 5.95 Å². The van der Waals surface area contributed by atoms with E-state index in [0.29, 0.717) is 41.0 Å². The number of benzene rings is 1. The fraction of sp³-hybridized carbons (Fsp3) is 0.240. The number of rotatable bonds is 7. The molecule has 2 aliphatic rings. The van der Waals surface area contributed by atoms with Crippen molar-refractivity contribution >= 4 is 40.8 Å². The number of anilines is 1. The van der Waals surface area contributed by atoms with Gasteiger partial charge < -0.3 is 5.32 Å². The summed E-state index contributed by atoms with van der Waals surface area (Å²) in [5, 5.41) is 12.3. The van der Waals surface area contributed by atoms with Crippen LogP contribution in [0.3, 0.4) is 0 Å². The van der Waals surface area contributed by atoms with E-state index in [4.69, 9.17) is 9.97 Å². The van der Waals surface area contributed by atoms with Crippen LogP contribution in [0.5, 0.6) is 0 Å². The highest BCUT2D eigenvalue weighted by molar-refractivity contribution is 7.13. The summed E-state index contributed by atoms with van der Waals surface area (Å²) >= 11 is 1.73. The minimum absolute atomic E-state index is 0.0702. The summed E-state index contributed by atoms with van der Waals surface area (Å²) in [6, 6.07) is 13.0. The SMILES string of the molecule is O=C1C/C(=C\c2cnn3c(NC4CC4)nc(CCc4ccccc4-c4cccs4)nc23)C(=O)N1. The molecule has 1 saturated carbocycles. The van der Waals surface area contributed by atoms with Gasteiger partial charge in [0, 0.05) is 28.5 Å². The lowest BCUT2D eigenvalue weighted by Crippen LogP contribution is -2.19. The van der Waals surface area contributed by atoms with E-state index in [1.165, 1.54) is 16.0 Å². The lowest BCUT2D eigenvalue weighted by Gasteiger charge is -2.10. The van der Waals surface area contributed by atoms with Gasteiger partial charge in [0.1, 0.15) is 5.82 Å². The molecule has 6 rings (SSSR count). The molecule has 4 heterocycles. The third-order valence-corrected chi connectivity index (χ3v) is 6.90. The van der Waals surface area contributed by atoms with Gasteiger partial charge in [0.25, 0.3) is 5.91 Å². The topological polar surface area (TPSA) is 101 Å². The lowest BCUT2D eigenvalue weighted by molar-refractivity contribution is -0.124. The molecule has 0 unspecified atom stereocenters. The molecule has 1 aliphatic carbocycles. The van der Waals surface area contributed by atoms with Crippen LogP contribution in [-0.4, -0.2) is 37.4 Å². The van der Waals surface area contributed by atoms with Crippen LogP contribution in [-0.2, 0) is 22.4 Å². The molecule has 1 aromatic carbocycles. The highest BCUT2D eigenvalue weighted by Gasteiger charge is 2.26. The molecule has 170 valence electrons. The summed E-state index contributed by atoms with van der Waals surface area (Å²) in [6.07, 6.45) is 7.12. The molecule has 0 radical (unpaired) electrons. The number of nitrogens with one attached hydrogen (secondary N) is 2. The number of hydrogen-bond acceptors (Lipinski definition) is 7. The Hall–Kier alpha value is -3.85. The van der Waals surface area contributed by atoms with Crippen molar-refractivity contribution in [1.82, 2.24) is 24.9 Å². The van der Waals surface area contributed by atoms with Crippen molar-refractivity contribution in [1.29, 1.82) is 0 Å². The number of aryl methyl sites for hydroxylation is 2. The quantitative estimate of drug-likeness (QED) is 0.316. The van der Waals surface area contributed by atoms with Crippen LogP contribution in [0.25, 0.3) is 22.2 Å². The molecular weight excluding hydrogens is 448 g/mol. The molecule has 3 aromatic heterocycles. The molecule has 1 aliphatic heterocycles. The van der Waals surface area contributed by atoms with E-state index in [1.54, 1.807) is 28.1 Å². The minimum Gasteiger partial charge on any atom is -0.351 e. The Morgan fingerprint density at radius 1 is 1.12 bits per heavy atom. The van der Waals surface area contributed by atoms with Gasteiger partial charge in [-0.2, -0.15) is 14.6 Å². The predicted molar refractivity (Wildman–Crippen MR) is 130 cm³/mol. The molecule has 2 N–H and O–H groups in total. The van der Waals surface area contributed by atoms with Crippen molar-refractivity contribution in [2.24, 2.45) is 0 Å². The molecule has 0 atom stereocenters. The van der Waals surface area contributed by atoms with Crippen molar-refractivity contribution in [2.75, 3.05) is 5.32 Å². The highest BCUT2D eigenvalue weighted by atomic mass is 32.1. The van der Waals surface area contributed by atoms with Gasteiger partial charge in [-0.3, -0.25) is 14.9 Å². The van der Waals surface area contributed by atoms with Crippen molar-refractivity contribution in [3.63, 3.8) is 0 Å². The van der Waals surface area contributed by atoms with Gasteiger partial charge in [-0.25, -0.2) is 4.98 Å². The number of fused-ring (bicyclic) bond motifs is 1. The molecule has 8 nitrogen and oxygen atoms in total. The van der Waals surface area contributed by atoms with Gasteiger partial charge >= 0.3 is 0 Å². The first kappa shape index (κ1) is 20.7. The zero-order valence-corrected chi connectivity index (χ0v) is 19.1. The summed E-state index contributed by atoms with van der Waals surface area (Å²) < 4.78 is 1.68. The largest absolute Gasteiger partial charge is 0.351 e. The second-order valence-electron chi connectivity index (χ2n) is 8.58. The molecule has 0 bridgehead atoms. The Labute approximate surface area is 199 Å². The Bertz CT molecular complexity index is 1440. The number of thiophene rings is 1. The zero-order valence-electron chi connectivity index (χ0n) is 18.3. The second kappa shape index (κ2) is 8.49. The molecule has 2 fully saturated rings. The smallest absolute Gasteiger partial charge is 0.254 e. The van der Waals surface area contributed by atoms with Crippen molar-refractivity contribution < 1.29 is 9.59 Å². The number of carbonyl (C=O) groups is 2. The maximum atomic E-state index is 12.1. The number of aromatic nitrogens is 4. The monoisotopic (exact) mass is 470 g/mol. The van der Waals surface area contributed by atoms with Gasteiger partial charge in [0.15, 0.2) is 5.65 Å². The number of imide groups is 1. The minimum atomic E-state index is -0.361.